The second kappa shape index (κ2) is 6.10. The molecule has 0 spiro atoms. The molecule has 0 heterocycles. The molecular weight excluding hydrogens is 232 g/mol. The van der Waals surface area contributed by atoms with Crippen molar-refractivity contribution in [1.82, 2.24) is 0 Å². The molecule has 1 aromatic carbocycles. The number of hydrogen-bond acceptors (Lipinski definition) is 3. The van der Waals surface area contributed by atoms with Crippen molar-refractivity contribution in [2.75, 3.05) is 6.61 Å². The lowest BCUT2D eigenvalue weighted by atomic mass is 9.90. The molecule has 1 aliphatic carbocycles. The number of ether oxygens (including phenoxy) is 1. The molecular formula is C14H18O2S. The quantitative estimate of drug-likeness (QED) is 0.654. The molecule has 2 nitrogen and oxygen atoms in total. The molecule has 1 saturated carbocycles. The van der Waals surface area contributed by atoms with Crippen LogP contribution in [0.4, 0.5) is 0 Å². The van der Waals surface area contributed by atoms with Gasteiger partial charge in [0.1, 0.15) is 0 Å². The summed E-state index contributed by atoms with van der Waals surface area (Å²) in [5, 5.41) is 0. The zero-order valence-corrected chi connectivity index (χ0v) is 10.8. The molecule has 1 aliphatic rings. The van der Waals surface area contributed by atoms with Crippen LogP contribution in [-0.2, 0) is 4.74 Å². The average Bonchev–Trinajstić information content (AvgIpc) is 2.38. The molecule has 1 aromatic rings. The Bertz CT molecular complexity index is 384. The summed E-state index contributed by atoms with van der Waals surface area (Å²) in [6.07, 6.45) is 6.24. The molecule has 0 aliphatic heterocycles. The molecule has 0 N–H and O–H groups in total. The molecule has 17 heavy (non-hydrogen) atoms. The third-order valence-electron chi connectivity index (χ3n) is 3.30. The van der Waals surface area contributed by atoms with E-state index in [9.17, 15) is 4.79 Å². The lowest BCUT2D eigenvalue weighted by Gasteiger charge is -2.21. The van der Waals surface area contributed by atoms with Gasteiger partial charge in [-0.1, -0.05) is 31.4 Å². The maximum atomic E-state index is 11.8. The van der Waals surface area contributed by atoms with Crippen LogP contribution in [0.2, 0.25) is 0 Å². The molecule has 0 radical (unpaired) electrons. The fraction of sp³-hybridized carbons (Fsp3) is 0.500. The van der Waals surface area contributed by atoms with Crippen molar-refractivity contribution < 1.29 is 9.53 Å². The first-order valence-electron chi connectivity index (χ1n) is 6.22. The van der Waals surface area contributed by atoms with Crippen LogP contribution in [0.15, 0.2) is 29.2 Å². The van der Waals surface area contributed by atoms with E-state index in [2.05, 4.69) is 12.6 Å². The van der Waals surface area contributed by atoms with Crippen molar-refractivity contribution in [1.29, 1.82) is 0 Å². The fourth-order valence-electron chi connectivity index (χ4n) is 2.27. The Morgan fingerprint density at radius 2 is 1.94 bits per heavy atom. The van der Waals surface area contributed by atoms with E-state index in [1.165, 1.54) is 32.1 Å². The summed E-state index contributed by atoms with van der Waals surface area (Å²) in [4.78, 5) is 12.5. The minimum absolute atomic E-state index is 0.249. The maximum Gasteiger partial charge on any atom is 0.339 e. The number of hydrogen-bond donors (Lipinski definition) is 1. The number of thiol groups is 1. The molecule has 0 bridgehead atoms. The first-order valence-corrected chi connectivity index (χ1v) is 6.67. The lowest BCUT2D eigenvalue weighted by molar-refractivity contribution is 0.0406. The van der Waals surface area contributed by atoms with Crippen LogP contribution in [0.25, 0.3) is 0 Å². The zero-order valence-electron chi connectivity index (χ0n) is 9.89. The van der Waals surface area contributed by atoms with Gasteiger partial charge in [0.2, 0.25) is 0 Å². The molecule has 2 rings (SSSR count). The van der Waals surface area contributed by atoms with E-state index in [1.54, 1.807) is 12.1 Å². The van der Waals surface area contributed by atoms with Gasteiger partial charge in [-0.15, -0.1) is 12.6 Å². The highest BCUT2D eigenvalue weighted by Gasteiger charge is 2.17. The number of carbonyl (C=O) groups excluding carboxylic acids is 1. The van der Waals surface area contributed by atoms with Gasteiger partial charge in [0.05, 0.1) is 12.2 Å². The summed E-state index contributed by atoms with van der Waals surface area (Å²) >= 11 is 4.26. The predicted octanol–water partition coefficient (Wildman–Crippen LogP) is 3.71. The van der Waals surface area contributed by atoms with E-state index in [0.29, 0.717) is 23.0 Å². The van der Waals surface area contributed by atoms with Crippen LogP contribution in [0.3, 0.4) is 0 Å². The molecule has 0 atom stereocenters. The van der Waals surface area contributed by atoms with Crippen molar-refractivity contribution in [2.24, 2.45) is 5.92 Å². The standard InChI is InChI=1S/C14H18O2S/c15-14(12-8-4-5-9-13(12)17)16-10-11-6-2-1-3-7-11/h4-5,8-9,11,17H,1-3,6-7,10H2. The predicted molar refractivity (Wildman–Crippen MR) is 70.6 cm³/mol. The van der Waals surface area contributed by atoms with Crippen LogP contribution in [-0.4, -0.2) is 12.6 Å². The number of rotatable bonds is 3. The number of esters is 1. The van der Waals surface area contributed by atoms with Crippen LogP contribution < -0.4 is 0 Å². The highest BCUT2D eigenvalue weighted by atomic mass is 32.1. The molecule has 0 saturated heterocycles. The van der Waals surface area contributed by atoms with Gasteiger partial charge in [-0.25, -0.2) is 4.79 Å². The molecule has 0 aromatic heterocycles. The Morgan fingerprint density at radius 3 is 2.65 bits per heavy atom. The Balaban J connectivity index is 1.87. The third kappa shape index (κ3) is 3.50. The monoisotopic (exact) mass is 250 g/mol. The van der Waals surface area contributed by atoms with Gasteiger partial charge in [0.15, 0.2) is 0 Å². The van der Waals surface area contributed by atoms with Gasteiger partial charge in [0, 0.05) is 4.90 Å². The summed E-state index contributed by atoms with van der Waals surface area (Å²) in [7, 11) is 0. The van der Waals surface area contributed by atoms with Gasteiger partial charge >= 0.3 is 5.97 Å². The highest BCUT2D eigenvalue weighted by molar-refractivity contribution is 7.80. The topological polar surface area (TPSA) is 26.3 Å². The SMILES string of the molecule is O=C(OCC1CCCCC1)c1ccccc1S. The summed E-state index contributed by atoms with van der Waals surface area (Å²) in [6, 6.07) is 7.25. The van der Waals surface area contributed by atoms with E-state index in [4.69, 9.17) is 4.74 Å². The Kier molecular flexibility index (Phi) is 4.49. The van der Waals surface area contributed by atoms with E-state index in [0.717, 1.165) is 0 Å². The maximum absolute atomic E-state index is 11.8. The molecule has 1 fully saturated rings. The van der Waals surface area contributed by atoms with Gasteiger partial charge < -0.3 is 4.74 Å². The normalized spacial score (nSPS) is 16.8. The summed E-state index contributed by atoms with van der Waals surface area (Å²) < 4.78 is 5.36. The minimum atomic E-state index is -0.249. The van der Waals surface area contributed by atoms with E-state index in [1.807, 2.05) is 12.1 Å². The first-order chi connectivity index (χ1) is 8.27. The van der Waals surface area contributed by atoms with E-state index in [-0.39, 0.29) is 5.97 Å². The van der Waals surface area contributed by atoms with Gasteiger partial charge in [-0.05, 0) is 30.9 Å². The molecule has 0 unspecified atom stereocenters. The van der Waals surface area contributed by atoms with Gasteiger partial charge in [-0.3, -0.25) is 0 Å². The Hall–Kier alpha value is -0.960. The van der Waals surface area contributed by atoms with Crippen molar-refractivity contribution in [3.63, 3.8) is 0 Å². The van der Waals surface area contributed by atoms with E-state index >= 15 is 0 Å². The fourth-order valence-corrected chi connectivity index (χ4v) is 2.52. The zero-order chi connectivity index (χ0) is 12.1. The molecule has 3 heteroatoms. The van der Waals surface area contributed by atoms with Crippen LogP contribution in [0.5, 0.6) is 0 Å². The van der Waals surface area contributed by atoms with Crippen LogP contribution in [0.1, 0.15) is 42.5 Å². The molecule has 92 valence electrons. The van der Waals surface area contributed by atoms with Crippen molar-refractivity contribution in [3.8, 4) is 0 Å². The second-order valence-electron chi connectivity index (χ2n) is 4.62. The van der Waals surface area contributed by atoms with Crippen molar-refractivity contribution in [3.05, 3.63) is 29.8 Å². The molecule has 0 amide bonds. The minimum Gasteiger partial charge on any atom is -0.462 e. The van der Waals surface area contributed by atoms with Crippen LogP contribution in [0, 0.1) is 5.92 Å². The summed E-state index contributed by atoms with van der Waals surface area (Å²) in [5.41, 5.74) is 0.562. The highest BCUT2D eigenvalue weighted by Crippen LogP contribution is 2.24. The second-order valence-corrected chi connectivity index (χ2v) is 5.10. The smallest absolute Gasteiger partial charge is 0.339 e. The largest absolute Gasteiger partial charge is 0.462 e. The number of benzene rings is 1. The van der Waals surface area contributed by atoms with Crippen molar-refractivity contribution >= 4 is 18.6 Å². The Labute approximate surface area is 108 Å². The number of carbonyl (C=O) groups is 1. The summed E-state index contributed by atoms with van der Waals surface area (Å²) in [5.74, 6) is 0.306. The van der Waals surface area contributed by atoms with Gasteiger partial charge in [0.25, 0.3) is 0 Å². The summed E-state index contributed by atoms with van der Waals surface area (Å²) in [6.45, 7) is 0.556. The van der Waals surface area contributed by atoms with Gasteiger partial charge in [-0.2, -0.15) is 0 Å². The Morgan fingerprint density at radius 1 is 1.24 bits per heavy atom. The lowest BCUT2D eigenvalue weighted by Crippen LogP contribution is -2.17. The van der Waals surface area contributed by atoms with Crippen LogP contribution >= 0.6 is 12.6 Å². The first kappa shape index (κ1) is 12.5. The van der Waals surface area contributed by atoms with E-state index < -0.39 is 0 Å². The van der Waals surface area contributed by atoms with Crippen molar-refractivity contribution in [2.45, 2.75) is 37.0 Å². The third-order valence-corrected chi connectivity index (χ3v) is 3.69. The average molecular weight is 250 g/mol.